The molecular weight excluding hydrogens is 213 g/mol. The highest BCUT2D eigenvalue weighted by Crippen LogP contribution is 2.27. The predicted octanol–water partition coefficient (Wildman–Crippen LogP) is 4.06. The van der Waals surface area contributed by atoms with Crippen LogP contribution in [-0.2, 0) is 0 Å². The van der Waals surface area contributed by atoms with Crippen LogP contribution in [-0.4, -0.2) is 0 Å². The number of hydrogen-bond acceptors (Lipinski definition) is 1. The Bertz CT molecular complexity index is 294. The monoisotopic (exact) mass is 229 g/mol. The largest absolute Gasteiger partial charge is 0.324 e. The lowest BCUT2D eigenvalue weighted by Gasteiger charge is -2.14. The summed E-state index contributed by atoms with van der Waals surface area (Å²) in [4.78, 5) is 0. The first kappa shape index (κ1) is 12.5. The van der Waals surface area contributed by atoms with Gasteiger partial charge in [-0.15, -0.1) is 0 Å². The molecule has 0 aromatic heterocycles. The topological polar surface area (TPSA) is 26.0 Å². The molecule has 2 N–H and O–H groups in total. The van der Waals surface area contributed by atoms with Crippen LogP contribution in [0.25, 0.3) is 0 Å². The van der Waals surface area contributed by atoms with Crippen molar-refractivity contribution in [1.82, 2.24) is 0 Å². The van der Waals surface area contributed by atoms with Crippen LogP contribution in [0.1, 0.15) is 44.2 Å². The summed E-state index contributed by atoms with van der Waals surface area (Å²) in [5, 5.41) is 0.430. The molecule has 1 nitrogen and oxygen atoms in total. The summed E-state index contributed by atoms with van der Waals surface area (Å²) in [6, 6.07) is 4.39. The van der Waals surface area contributed by atoms with Crippen LogP contribution in [0, 0.1) is 5.82 Å². The Morgan fingerprint density at radius 3 is 2.73 bits per heavy atom. The average molecular weight is 230 g/mol. The number of benzene rings is 1. The van der Waals surface area contributed by atoms with Gasteiger partial charge in [0.05, 0.1) is 0 Å². The molecule has 1 unspecified atom stereocenters. The summed E-state index contributed by atoms with van der Waals surface area (Å²) in [5.41, 5.74) is 6.37. The van der Waals surface area contributed by atoms with Gasteiger partial charge in [-0.2, -0.15) is 0 Å². The maximum Gasteiger partial charge on any atom is 0.129 e. The van der Waals surface area contributed by atoms with Gasteiger partial charge in [0.25, 0.3) is 0 Å². The molecule has 0 heterocycles. The second-order valence-electron chi connectivity index (χ2n) is 3.74. The second-order valence-corrected chi connectivity index (χ2v) is 4.14. The molecule has 3 heteroatoms. The minimum Gasteiger partial charge on any atom is -0.324 e. The SMILES string of the molecule is CCCCCC(N)c1c(F)cccc1Cl. The van der Waals surface area contributed by atoms with E-state index in [1.54, 1.807) is 12.1 Å². The van der Waals surface area contributed by atoms with Crippen molar-refractivity contribution in [3.63, 3.8) is 0 Å². The van der Waals surface area contributed by atoms with E-state index in [0.29, 0.717) is 10.6 Å². The van der Waals surface area contributed by atoms with E-state index in [1.165, 1.54) is 6.07 Å². The summed E-state index contributed by atoms with van der Waals surface area (Å²) < 4.78 is 13.4. The Kier molecular flexibility index (Phi) is 5.06. The third-order valence-electron chi connectivity index (χ3n) is 2.49. The van der Waals surface area contributed by atoms with E-state index >= 15 is 0 Å². The van der Waals surface area contributed by atoms with Crippen molar-refractivity contribution < 1.29 is 4.39 Å². The summed E-state index contributed by atoms with van der Waals surface area (Å²) in [7, 11) is 0. The number of rotatable bonds is 5. The molecule has 0 spiro atoms. The number of unbranched alkanes of at least 4 members (excludes halogenated alkanes) is 2. The highest BCUT2D eigenvalue weighted by molar-refractivity contribution is 6.31. The Balaban J connectivity index is 2.68. The van der Waals surface area contributed by atoms with Crippen molar-refractivity contribution in [2.45, 2.75) is 38.6 Å². The molecule has 1 rings (SSSR count). The first-order chi connectivity index (χ1) is 7.16. The van der Waals surface area contributed by atoms with Crippen LogP contribution in [0.4, 0.5) is 4.39 Å². The molecule has 1 aromatic rings. The fourth-order valence-corrected chi connectivity index (χ4v) is 1.93. The quantitative estimate of drug-likeness (QED) is 0.758. The van der Waals surface area contributed by atoms with Crippen LogP contribution < -0.4 is 5.73 Å². The Morgan fingerprint density at radius 2 is 2.13 bits per heavy atom. The van der Waals surface area contributed by atoms with Crippen LogP contribution in [0.3, 0.4) is 0 Å². The molecule has 1 aromatic carbocycles. The maximum absolute atomic E-state index is 13.4. The van der Waals surface area contributed by atoms with E-state index in [1.807, 2.05) is 0 Å². The van der Waals surface area contributed by atoms with Crippen molar-refractivity contribution in [3.05, 3.63) is 34.6 Å². The predicted molar refractivity (Wildman–Crippen MR) is 62.5 cm³/mol. The van der Waals surface area contributed by atoms with E-state index in [9.17, 15) is 4.39 Å². The van der Waals surface area contributed by atoms with E-state index < -0.39 is 0 Å². The van der Waals surface area contributed by atoms with Gasteiger partial charge in [0.1, 0.15) is 5.82 Å². The Hall–Kier alpha value is -0.600. The normalized spacial score (nSPS) is 12.8. The van der Waals surface area contributed by atoms with Crippen LogP contribution in [0.15, 0.2) is 18.2 Å². The Labute approximate surface area is 95.4 Å². The highest BCUT2D eigenvalue weighted by Gasteiger charge is 2.14. The summed E-state index contributed by atoms with van der Waals surface area (Å²) in [6.07, 6.45) is 4.06. The van der Waals surface area contributed by atoms with E-state index in [4.69, 9.17) is 17.3 Å². The molecule has 0 bridgehead atoms. The van der Waals surface area contributed by atoms with Gasteiger partial charge in [-0.1, -0.05) is 43.9 Å². The zero-order chi connectivity index (χ0) is 11.3. The van der Waals surface area contributed by atoms with Gasteiger partial charge >= 0.3 is 0 Å². The maximum atomic E-state index is 13.4. The first-order valence-electron chi connectivity index (χ1n) is 5.36. The first-order valence-corrected chi connectivity index (χ1v) is 5.74. The number of halogens is 2. The lowest BCUT2D eigenvalue weighted by atomic mass is 10.0. The molecule has 0 amide bonds. The van der Waals surface area contributed by atoms with Crippen molar-refractivity contribution in [2.75, 3.05) is 0 Å². The van der Waals surface area contributed by atoms with Gasteiger partial charge < -0.3 is 5.73 Å². The fraction of sp³-hybridized carbons (Fsp3) is 0.500. The van der Waals surface area contributed by atoms with Crippen LogP contribution >= 0.6 is 11.6 Å². The van der Waals surface area contributed by atoms with Gasteiger partial charge in [-0.05, 0) is 18.6 Å². The standard InChI is InChI=1S/C12H17ClFN/c1-2-3-4-8-11(15)12-9(13)6-5-7-10(12)14/h5-7,11H,2-4,8,15H2,1H3. The Morgan fingerprint density at radius 1 is 1.40 bits per heavy atom. The highest BCUT2D eigenvalue weighted by atomic mass is 35.5. The minimum absolute atomic E-state index is 0.287. The molecule has 15 heavy (non-hydrogen) atoms. The molecule has 0 saturated carbocycles. The van der Waals surface area contributed by atoms with E-state index in [0.717, 1.165) is 25.7 Å². The zero-order valence-corrected chi connectivity index (χ0v) is 9.73. The molecule has 0 fully saturated rings. The molecule has 0 aliphatic rings. The van der Waals surface area contributed by atoms with Gasteiger partial charge in [0.2, 0.25) is 0 Å². The van der Waals surface area contributed by atoms with Gasteiger partial charge in [0.15, 0.2) is 0 Å². The van der Waals surface area contributed by atoms with Crippen LogP contribution in [0.2, 0.25) is 5.02 Å². The lowest BCUT2D eigenvalue weighted by molar-refractivity contribution is 0.539. The van der Waals surface area contributed by atoms with Crippen molar-refractivity contribution in [1.29, 1.82) is 0 Å². The molecule has 84 valence electrons. The molecule has 0 aliphatic heterocycles. The van der Waals surface area contributed by atoms with Crippen molar-refractivity contribution in [3.8, 4) is 0 Å². The minimum atomic E-state index is -0.300. The zero-order valence-electron chi connectivity index (χ0n) is 8.97. The molecule has 0 aliphatic carbocycles. The molecule has 1 atom stereocenters. The fourth-order valence-electron chi connectivity index (χ4n) is 1.62. The lowest BCUT2D eigenvalue weighted by Crippen LogP contribution is -2.12. The summed E-state index contributed by atoms with van der Waals surface area (Å²) in [5.74, 6) is -0.300. The number of hydrogen-bond donors (Lipinski definition) is 1. The third-order valence-corrected chi connectivity index (χ3v) is 2.82. The smallest absolute Gasteiger partial charge is 0.129 e. The second kappa shape index (κ2) is 6.09. The molecule has 0 radical (unpaired) electrons. The van der Waals surface area contributed by atoms with Crippen molar-refractivity contribution in [2.24, 2.45) is 5.73 Å². The molecule has 0 saturated heterocycles. The van der Waals surface area contributed by atoms with E-state index in [2.05, 4.69) is 6.92 Å². The van der Waals surface area contributed by atoms with Gasteiger partial charge in [-0.3, -0.25) is 0 Å². The van der Waals surface area contributed by atoms with Gasteiger partial charge in [0, 0.05) is 16.6 Å². The summed E-state index contributed by atoms with van der Waals surface area (Å²) in [6.45, 7) is 2.13. The van der Waals surface area contributed by atoms with E-state index in [-0.39, 0.29) is 11.9 Å². The molecular formula is C12H17ClFN. The summed E-state index contributed by atoms with van der Waals surface area (Å²) >= 11 is 5.92. The van der Waals surface area contributed by atoms with Crippen molar-refractivity contribution >= 4 is 11.6 Å². The van der Waals surface area contributed by atoms with Gasteiger partial charge in [-0.25, -0.2) is 4.39 Å². The average Bonchev–Trinajstić information content (AvgIpc) is 2.18. The number of nitrogens with two attached hydrogens (primary N) is 1. The third kappa shape index (κ3) is 3.47. The van der Waals surface area contributed by atoms with Crippen LogP contribution in [0.5, 0.6) is 0 Å².